The minimum atomic E-state index is 0.601. The highest BCUT2D eigenvalue weighted by Crippen LogP contribution is 2.35. The standard InChI is InChI=1S/C16H18Cl2N2S/c17-13-1-3-15(11(9-13)5-7-19)21-16-4-2-14(18)10-12(16)6-8-20/h1-4,9-10H,5-8,19-20H2. The van der Waals surface area contributed by atoms with E-state index in [1.165, 1.54) is 20.9 Å². The summed E-state index contributed by atoms with van der Waals surface area (Å²) >= 11 is 13.9. The molecular weight excluding hydrogens is 323 g/mol. The largest absolute Gasteiger partial charge is 0.330 e. The van der Waals surface area contributed by atoms with Crippen LogP contribution in [0.3, 0.4) is 0 Å². The lowest BCUT2D eigenvalue weighted by molar-refractivity contribution is 0.937. The molecular formula is C16H18Cl2N2S. The normalized spacial score (nSPS) is 10.9. The van der Waals surface area contributed by atoms with Gasteiger partial charge in [0.2, 0.25) is 0 Å². The molecule has 0 atom stereocenters. The average Bonchev–Trinajstić information content (AvgIpc) is 2.45. The molecule has 2 nitrogen and oxygen atoms in total. The van der Waals surface area contributed by atoms with E-state index in [9.17, 15) is 0 Å². The molecule has 0 saturated heterocycles. The summed E-state index contributed by atoms with van der Waals surface area (Å²) in [5.41, 5.74) is 13.7. The average molecular weight is 341 g/mol. The third kappa shape index (κ3) is 4.63. The van der Waals surface area contributed by atoms with Gasteiger partial charge in [-0.2, -0.15) is 0 Å². The smallest absolute Gasteiger partial charge is 0.0409 e. The first-order valence-electron chi connectivity index (χ1n) is 6.79. The number of rotatable bonds is 6. The van der Waals surface area contributed by atoms with E-state index in [1.54, 1.807) is 11.8 Å². The van der Waals surface area contributed by atoms with Crippen molar-refractivity contribution in [1.82, 2.24) is 0 Å². The van der Waals surface area contributed by atoms with Gasteiger partial charge in [0.15, 0.2) is 0 Å². The predicted molar refractivity (Wildman–Crippen MR) is 92.5 cm³/mol. The summed E-state index contributed by atoms with van der Waals surface area (Å²) in [6.45, 7) is 1.20. The first-order chi connectivity index (χ1) is 10.1. The highest BCUT2D eigenvalue weighted by Gasteiger charge is 2.09. The van der Waals surface area contributed by atoms with Crippen LogP contribution < -0.4 is 11.5 Å². The monoisotopic (exact) mass is 340 g/mol. The first-order valence-corrected chi connectivity index (χ1v) is 8.36. The lowest BCUT2D eigenvalue weighted by atomic mass is 10.1. The molecule has 21 heavy (non-hydrogen) atoms. The van der Waals surface area contributed by atoms with Gasteiger partial charge in [0, 0.05) is 19.8 Å². The summed E-state index contributed by atoms with van der Waals surface area (Å²) in [5, 5.41) is 1.47. The summed E-state index contributed by atoms with van der Waals surface area (Å²) in [6, 6.07) is 11.9. The minimum Gasteiger partial charge on any atom is -0.330 e. The fourth-order valence-electron chi connectivity index (χ4n) is 2.12. The van der Waals surface area contributed by atoms with E-state index in [0.717, 1.165) is 22.9 Å². The molecule has 0 amide bonds. The van der Waals surface area contributed by atoms with Gasteiger partial charge >= 0.3 is 0 Å². The maximum absolute atomic E-state index is 6.07. The number of hydrogen-bond donors (Lipinski definition) is 2. The van der Waals surface area contributed by atoms with Gasteiger partial charge in [0.1, 0.15) is 0 Å². The molecule has 0 spiro atoms. The number of halogens is 2. The highest BCUT2D eigenvalue weighted by atomic mass is 35.5. The van der Waals surface area contributed by atoms with Gasteiger partial charge in [-0.1, -0.05) is 35.0 Å². The molecule has 0 aliphatic heterocycles. The maximum atomic E-state index is 6.07. The summed E-state index contributed by atoms with van der Waals surface area (Å²) in [5.74, 6) is 0. The van der Waals surface area contributed by atoms with E-state index < -0.39 is 0 Å². The Morgan fingerprint density at radius 3 is 1.57 bits per heavy atom. The Kier molecular flexibility index (Phi) is 6.40. The molecule has 0 aliphatic rings. The Bertz CT molecular complexity index is 564. The Labute approximate surface area is 139 Å². The van der Waals surface area contributed by atoms with Crippen molar-refractivity contribution in [2.24, 2.45) is 11.5 Å². The van der Waals surface area contributed by atoms with E-state index in [0.29, 0.717) is 13.1 Å². The van der Waals surface area contributed by atoms with Gasteiger partial charge in [-0.25, -0.2) is 0 Å². The van der Waals surface area contributed by atoms with E-state index in [4.69, 9.17) is 34.7 Å². The van der Waals surface area contributed by atoms with Crippen molar-refractivity contribution in [2.75, 3.05) is 13.1 Å². The molecule has 0 aliphatic carbocycles. The van der Waals surface area contributed by atoms with E-state index in [2.05, 4.69) is 0 Å². The van der Waals surface area contributed by atoms with Crippen LogP contribution >= 0.6 is 35.0 Å². The lowest BCUT2D eigenvalue weighted by Gasteiger charge is -2.12. The second kappa shape index (κ2) is 8.06. The maximum Gasteiger partial charge on any atom is 0.0409 e. The third-order valence-corrected chi connectivity index (χ3v) is 4.80. The SMILES string of the molecule is NCCc1cc(Cl)ccc1Sc1ccc(Cl)cc1CCN. The number of benzene rings is 2. The van der Waals surface area contributed by atoms with Gasteiger partial charge in [-0.05, 0) is 73.5 Å². The van der Waals surface area contributed by atoms with Gasteiger partial charge in [0.05, 0.1) is 0 Å². The Balaban J connectivity index is 2.33. The summed E-state index contributed by atoms with van der Waals surface area (Å²) in [7, 11) is 0. The molecule has 0 saturated carbocycles. The summed E-state index contributed by atoms with van der Waals surface area (Å²) in [6.07, 6.45) is 1.62. The second-order valence-corrected chi connectivity index (χ2v) is 6.64. The molecule has 0 aromatic heterocycles. The highest BCUT2D eigenvalue weighted by molar-refractivity contribution is 7.99. The van der Waals surface area contributed by atoms with Crippen molar-refractivity contribution in [2.45, 2.75) is 22.6 Å². The van der Waals surface area contributed by atoms with Crippen LogP contribution in [-0.4, -0.2) is 13.1 Å². The topological polar surface area (TPSA) is 52.0 Å². The molecule has 2 aromatic rings. The van der Waals surface area contributed by atoms with Gasteiger partial charge in [-0.15, -0.1) is 0 Å². The molecule has 2 rings (SSSR count). The minimum absolute atomic E-state index is 0.601. The first kappa shape index (κ1) is 16.7. The second-order valence-electron chi connectivity index (χ2n) is 4.68. The van der Waals surface area contributed by atoms with Crippen LogP contribution in [0.1, 0.15) is 11.1 Å². The Hall–Kier alpha value is -0.710. The summed E-state index contributed by atoms with van der Waals surface area (Å²) in [4.78, 5) is 2.34. The zero-order valence-electron chi connectivity index (χ0n) is 11.6. The van der Waals surface area contributed by atoms with Crippen LogP contribution in [-0.2, 0) is 12.8 Å². The Morgan fingerprint density at radius 2 is 1.19 bits per heavy atom. The quantitative estimate of drug-likeness (QED) is 0.830. The van der Waals surface area contributed by atoms with Crippen LogP contribution in [0.15, 0.2) is 46.2 Å². The third-order valence-electron chi connectivity index (χ3n) is 3.09. The predicted octanol–water partition coefficient (Wildman–Crippen LogP) is 4.15. The molecule has 0 radical (unpaired) electrons. The van der Waals surface area contributed by atoms with E-state index in [-0.39, 0.29) is 0 Å². The van der Waals surface area contributed by atoms with Crippen molar-refractivity contribution in [1.29, 1.82) is 0 Å². The lowest BCUT2D eigenvalue weighted by Crippen LogP contribution is -2.05. The molecule has 5 heteroatoms. The Morgan fingerprint density at radius 1 is 0.762 bits per heavy atom. The van der Waals surface area contributed by atoms with Crippen molar-refractivity contribution >= 4 is 35.0 Å². The molecule has 4 N–H and O–H groups in total. The van der Waals surface area contributed by atoms with Crippen LogP contribution in [0.5, 0.6) is 0 Å². The van der Waals surface area contributed by atoms with Crippen LogP contribution in [0.2, 0.25) is 10.0 Å². The molecule has 2 aromatic carbocycles. The molecule has 0 fully saturated rings. The zero-order chi connectivity index (χ0) is 15.2. The van der Waals surface area contributed by atoms with E-state index >= 15 is 0 Å². The number of nitrogens with two attached hydrogens (primary N) is 2. The van der Waals surface area contributed by atoms with Crippen LogP contribution in [0, 0.1) is 0 Å². The summed E-state index contributed by atoms with van der Waals surface area (Å²) < 4.78 is 0. The van der Waals surface area contributed by atoms with Crippen LogP contribution in [0.25, 0.3) is 0 Å². The zero-order valence-corrected chi connectivity index (χ0v) is 13.9. The van der Waals surface area contributed by atoms with Crippen molar-refractivity contribution in [3.8, 4) is 0 Å². The van der Waals surface area contributed by atoms with Gasteiger partial charge < -0.3 is 11.5 Å². The molecule has 0 bridgehead atoms. The van der Waals surface area contributed by atoms with Crippen molar-refractivity contribution in [3.05, 3.63) is 57.6 Å². The molecule has 0 unspecified atom stereocenters. The number of hydrogen-bond acceptors (Lipinski definition) is 3. The van der Waals surface area contributed by atoms with Crippen molar-refractivity contribution < 1.29 is 0 Å². The van der Waals surface area contributed by atoms with Gasteiger partial charge in [-0.3, -0.25) is 0 Å². The molecule has 112 valence electrons. The van der Waals surface area contributed by atoms with E-state index in [1.807, 2.05) is 36.4 Å². The molecule has 0 heterocycles. The van der Waals surface area contributed by atoms with Crippen molar-refractivity contribution in [3.63, 3.8) is 0 Å². The van der Waals surface area contributed by atoms with Gasteiger partial charge in [0.25, 0.3) is 0 Å². The fraction of sp³-hybridized carbons (Fsp3) is 0.250. The van der Waals surface area contributed by atoms with Crippen LogP contribution in [0.4, 0.5) is 0 Å². The fourth-order valence-corrected chi connectivity index (χ4v) is 3.60.